The Morgan fingerprint density at radius 1 is 1.10 bits per heavy atom. The second-order valence-electron chi connectivity index (χ2n) is 4.46. The molecule has 1 atom stereocenters. The fourth-order valence-electron chi connectivity index (χ4n) is 1.76. The highest BCUT2D eigenvalue weighted by molar-refractivity contribution is 7.89. The van der Waals surface area contributed by atoms with Crippen LogP contribution in [0.4, 0.5) is 13.2 Å². The first kappa shape index (κ1) is 15.6. The summed E-state index contributed by atoms with van der Waals surface area (Å²) in [5, 5.41) is 0. The van der Waals surface area contributed by atoms with Crippen LogP contribution < -0.4 is 4.72 Å². The first-order valence-corrected chi connectivity index (χ1v) is 7.43. The summed E-state index contributed by atoms with van der Waals surface area (Å²) in [5.41, 5.74) is 0. The Balaban J connectivity index is 2.33. The largest absolute Gasteiger partial charge is 0.465 e. The van der Waals surface area contributed by atoms with Gasteiger partial charge in [0.05, 0.1) is 6.04 Å². The third kappa shape index (κ3) is 3.11. The zero-order valence-corrected chi connectivity index (χ0v) is 12.0. The van der Waals surface area contributed by atoms with Crippen LogP contribution in [0.1, 0.15) is 24.5 Å². The minimum Gasteiger partial charge on any atom is -0.465 e. The van der Waals surface area contributed by atoms with Crippen LogP contribution in [0.3, 0.4) is 0 Å². The van der Waals surface area contributed by atoms with Gasteiger partial charge in [-0.3, -0.25) is 0 Å². The monoisotopic (exact) mass is 319 g/mol. The van der Waals surface area contributed by atoms with Crippen molar-refractivity contribution in [3.63, 3.8) is 0 Å². The normalized spacial score (nSPS) is 13.4. The van der Waals surface area contributed by atoms with E-state index in [1.807, 2.05) is 0 Å². The van der Waals surface area contributed by atoms with Crippen molar-refractivity contribution in [1.82, 2.24) is 4.72 Å². The SMILES string of the molecule is Cc1ccc([C@@H](C)NS(=O)(=O)c2ccc(F)c(F)c2F)o1. The molecule has 8 heteroatoms. The molecule has 0 amide bonds. The molecule has 21 heavy (non-hydrogen) atoms. The molecular formula is C13H12F3NO3S. The summed E-state index contributed by atoms with van der Waals surface area (Å²) in [6, 6.07) is 3.61. The van der Waals surface area contributed by atoms with Gasteiger partial charge in [0.25, 0.3) is 0 Å². The van der Waals surface area contributed by atoms with E-state index in [9.17, 15) is 21.6 Å². The maximum atomic E-state index is 13.6. The number of aryl methyl sites for hydroxylation is 1. The zero-order valence-electron chi connectivity index (χ0n) is 11.2. The topological polar surface area (TPSA) is 59.3 Å². The van der Waals surface area contributed by atoms with Crippen molar-refractivity contribution in [2.75, 3.05) is 0 Å². The number of benzene rings is 1. The summed E-state index contributed by atoms with van der Waals surface area (Å²) >= 11 is 0. The molecule has 1 heterocycles. The first-order valence-electron chi connectivity index (χ1n) is 5.94. The Morgan fingerprint density at radius 3 is 2.33 bits per heavy atom. The van der Waals surface area contributed by atoms with Gasteiger partial charge in [0, 0.05) is 0 Å². The number of halogens is 3. The average Bonchev–Trinajstić information content (AvgIpc) is 2.82. The molecule has 2 aromatic rings. The Kier molecular flexibility index (Phi) is 4.11. The molecule has 1 aromatic heterocycles. The Hall–Kier alpha value is -1.80. The standard InChI is InChI=1S/C13H12F3NO3S/c1-7-3-5-10(20-7)8(2)17-21(18,19)11-6-4-9(14)12(15)13(11)16/h3-6,8,17H,1-2H3/t8-/m1/s1. The van der Waals surface area contributed by atoms with E-state index in [0.717, 1.165) is 0 Å². The van der Waals surface area contributed by atoms with Gasteiger partial charge in [-0.25, -0.2) is 26.3 Å². The zero-order chi connectivity index (χ0) is 15.8. The molecule has 0 aliphatic carbocycles. The van der Waals surface area contributed by atoms with Crippen LogP contribution in [0.15, 0.2) is 33.6 Å². The molecule has 114 valence electrons. The van der Waals surface area contributed by atoms with Gasteiger partial charge in [0.2, 0.25) is 10.0 Å². The Labute approximate surface area is 119 Å². The lowest BCUT2D eigenvalue weighted by molar-refractivity contribution is 0.426. The van der Waals surface area contributed by atoms with E-state index in [2.05, 4.69) is 4.72 Å². The minimum atomic E-state index is -4.36. The summed E-state index contributed by atoms with van der Waals surface area (Å²) in [7, 11) is -4.36. The number of nitrogens with one attached hydrogen (secondary N) is 1. The van der Waals surface area contributed by atoms with Crippen molar-refractivity contribution in [3.8, 4) is 0 Å². The summed E-state index contributed by atoms with van der Waals surface area (Å²) < 4.78 is 70.9. The van der Waals surface area contributed by atoms with E-state index < -0.39 is 38.4 Å². The lowest BCUT2D eigenvalue weighted by Crippen LogP contribution is -2.27. The van der Waals surface area contributed by atoms with E-state index >= 15 is 0 Å². The van der Waals surface area contributed by atoms with Crippen LogP contribution in [-0.2, 0) is 10.0 Å². The average molecular weight is 319 g/mol. The van der Waals surface area contributed by atoms with Crippen LogP contribution >= 0.6 is 0 Å². The molecule has 0 bridgehead atoms. The quantitative estimate of drug-likeness (QED) is 0.881. The van der Waals surface area contributed by atoms with Gasteiger partial charge >= 0.3 is 0 Å². The van der Waals surface area contributed by atoms with E-state index in [1.54, 1.807) is 19.1 Å². The van der Waals surface area contributed by atoms with Gasteiger partial charge in [-0.05, 0) is 38.1 Å². The molecule has 0 saturated carbocycles. The van der Waals surface area contributed by atoms with Crippen molar-refractivity contribution in [3.05, 3.63) is 53.2 Å². The lowest BCUT2D eigenvalue weighted by atomic mass is 10.3. The highest BCUT2D eigenvalue weighted by atomic mass is 32.2. The molecular weight excluding hydrogens is 307 g/mol. The molecule has 4 nitrogen and oxygen atoms in total. The van der Waals surface area contributed by atoms with Crippen LogP contribution in [0, 0.1) is 24.4 Å². The van der Waals surface area contributed by atoms with E-state index in [4.69, 9.17) is 4.42 Å². The van der Waals surface area contributed by atoms with Gasteiger partial charge in [-0.15, -0.1) is 0 Å². The van der Waals surface area contributed by atoms with Gasteiger partial charge in [0.1, 0.15) is 16.4 Å². The number of hydrogen-bond acceptors (Lipinski definition) is 3. The van der Waals surface area contributed by atoms with Crippen LogP contribution in [0.25, 0.3) is 0 Å². The third-order valence-corrected chi connectivity index (χ3v) is 4.37. The van der Waals surface area contributed by atoms with Crippen LogP contribution in [-0.4, -0.2) is 8.42 Å². The number of sulfonamides is 1. The highest BCUT2D eigenvalue weighted by Gasteiger charge is 2.26. The lowest BCUT2D eigenvalue weighted by Gasteiger charge is -2.13. The van der Waals surface area contributed by atoms with Crippen LogP contribution in [0.5, 0.6) is 0 Å². The van der Waals surface area contributed by atoms with Gasteiger partial charge in [-0.1, -0.05) is 0 Å². The van der Waals surface area contributed by atoms with Gasteiger partial charge in [-0.2, -0.15) is 0 Å². The van der Waals surface area contributed by atoms with Gasteiger partial charge < -0.3 is 4.42 Å². The fraction of sp³-hybridized carbons (Fsp3) is 0.231. The maximum Gasteiger partial charge on any atom is 0.244 e. The van der Waals surface area contributed by atoms with Crippen molar-refractivity contribution >= 4 is 10.0 Å². The summed E-state index contributed by atoms with van der Waals surface area (Å²) in [5.74, 6) is -4.15. The fourth-order valence-corrected chi connectivity index (χ4v) is 3.04. The third-order valence-electron chi connectivity index (χ3n) is 2.81. The predicted octanol–water partition coefficient (Wildman–Crippen LogP) is 3.04. The molecule has 2 rings (SSSR count). The second kappa shape index (κ2) is 5.53. The van der Waals surface area contributed by atoms with E-state index in [1.165, 1.54) is 6.92 Å². The molecule has 0 unspecified atom stereocenters. The Morgan fingerprint density at radius 2 is 1.76 bits per heavy atom. The molecule has 0 radical (unpaired) electrons. The molecule has 0 saturated heterocycles. The minimum absolute atomic E-state index is 0.319. The first-order chi connectivity index (χ1) is 9.72. The highest BCUT2D eigenvalue weighted by Crippen LogP contribution is 2.23. The van der Waals surface area contributed by atoms with Gasteiger partial charge in [0.15, 0.2) is 17.5 Å². The van der Waals surface area contributed by atoms with E-state index in [-0.39, 0.29) is 0 Å². The van der Waals surface area contributed by atoms with E-state index in [0.29, 0.717) is 23.7 Å². The molecule has 0 aliphatic heterocycles. The van der Waals surface area contributed by atoms with Crippen LogP contribution in [0.2, 0.25) is 0 Å². The second-order valence-corrected chi connectivity index (χ2v) is 6.15. The maximum absolute atomic E-state index is 13.6. The number of hydrogen-bond donors (Lipinski definition) is 1. The molecule has 0 aliphatic rings. The summed E-state index contributed by atoms with van der Waals surface area (Å²) in [6.45, 7) is 3.16. The molecule has 0 fully saturated rings. The van der Waals surface area contributed by atoms with Crippen molar-refractivity contribution in [2.24, 2.45) is 0 Å². The number of furan rings is 1. The van der Waals surface area contributed by atoms with Crippen molar-refractivity contribution < 1.29 is 26.0 Å². The van der Waals surface area contributed by atoms with Crippen molar-refractivity contribution in [1.29, 1.82) is 0 Å². The summed E-state index contributed by atoms with van der Waals surface area (Å²) in [6.07, 6.45) is 0. The van der Waals surface area contributed by atoms with Crippen molar-refractivity contribution in [2.45, 2.75) is 24.8 Å². The summed E-state index contributed by atoms with van der Waals surface area (Å²) in [4.78, 5) is -0.962. The molecule has 0 spiro atoms. The Bertz CT molecular complexity index is 771. The predicted molar refractivity (Wildman–Crippen MR) is 68.5 cm³/mol. The smallest absolute Gasteiger partial charge is 0.244 e. The number of rotatable bonds is 4. The molecule has 1 aromatic carbocycles. The molecule has 1 N–H and O–H groups in total.